The Morgan fingerprint density at radius 2 is 2.10 bits per heavy atom. The summed E-state index contributed by atoms with van der Waals surface area (Å²) < 4.78 is 17.6. The van der Waals surface area contributed by atoms with Crippen molar-refractivity contribution in [1.82, 2.24) is 29.1 Å². The third kappa shape index (κ3) is 2.86. The third-order valence-electron chi connectivity index (χ3n) is 5.85. The quantitative estimate of drug-likeness (QED) is 0.419. The lowest BCUT2D eigenvalue weighted by atomic mass is 10.0. The number of hydrogen-bond acceptors (Lipinski definition) is 7. The van der Waals surface area contributed by atoms with Crippen molar-refractivity contribution in [2.45, 2.75) is 28.7 Å². The number of pyridine rings is 1. The first kappa shape index (κ1) is 18.8. The molecule has 0 aliphatic heterocycles. The highest BCUT2D eigenvalue weighted by atomic mass is 32.2. The van der Waals surface area contributed by atoms with Crippen LogP contribution in [0.25, 0.3) is 38.6 Å². The number of aromatic nitrogens is 6. The van der Waals surface area contributed by atoms with E-state index in [0.29, 0.717) is 11.5 Å². The average Bonchev–Trinajstić information content (AvgIpc) is 3.43. The molecule has 0 unspecified atom stereocenters. The Labute approximate surface area is 185 Å². The molecule has 0 amide bonds. The van der Waals surface area contributed by atoms with Gasteiger partial charge in [0.25, 0.3) is 0 Å². The number of rotatable bonds is 4. The SMILES string of the molecule is Cn1nccc1-c1cc(-c2cnc3ncccn23)nc2sc([S@+]([O-])C3CCC3)c(N)c12. The summed E-state index contributed by atoms with van der Waals surface area (Å²) in [6, 6.07) is 5.82. The van der Waals surface area contributed by atoms with Crippen LogP contribution in [0.4, 0.5) is 5.69 Å². The maximum Gasteiger partial charge on any atom is 0.234 e. The van der Waals surface area contributed by atoms with Crippen molar-refractivity contribution in [3.63, 3.8) is 0 Å². The van der Waals surface area contributed by atoms with Gasteiger partial charge in [0.1, 0.15) is 15.8 Å². The second kappa shape index (κ2) is 7.04. The minimum atomic E-state index is -1.11. The Kier molecular flexibility index (Phi) is 4.27. The summed E-state index contributed by atoms with van der Waals surface area (Å²) in [5.41, 5.74) is 10.6. The smallest absolute Gasteiger partial charge is 0.234 e. The topological polar surface area (TPSA) is 110 Å². The number of aryl methyl sites for hydroxylation is 1. The van der Waals surface area contributed by atoms with E-state index in [1.54, 1.807) is 18.6 Å². The standard InChI is InChI=1S/C21H19N7OS2/c1-27-15(6-8-25-27)13-10-14(16-11-24-21-23-7-3-9-28(16)21)26-19-17(13)18(22)20(30-19)31(29)12-4-2-5-12/h3,6-12H,2,4-5,22H2,1H3/t31-/m1/s1. The Morgan fingerprint density at radius 1 is 1.23 bits per heavy atom. The summed E-state index contributed by atoms with van der Waals surface area (Å²) in [5, 5.41) is 5.37. The van der Waals surface area contributed by atoms with Gasteiger partial charge < -0.3 is 10.3 Å². The van der Waals surface area contributed by atoms with Gasteiger partial charge in [-0.1, -0.05) is 11.3 Å². The lowest BCUT2D eigenvalue weighted by Crippen LogP contribution is -2.28. The molecule has 8 nitrogen and oxygen atoms in total. The molecule has 6 rings (SSSR count). The highest BCUT2D eigenvalue weighted by Gasteiger charge is 2.35. The Balaban J connectivity index is 1.62. The van der Waals surface area contributed by atoms with Gasteiger partial charge >= 0.3 is 0 Å². The fourth-order valence-corrected chi connectivity index (χ4v) is 7.19. The van der Waals surface area contributed by atoms with Gasteiger partial charge in [-0.05, 0) is 37.5 Å². The maximum absolute atomic E-state index is 13.1. The number of thiophene rings is 1. The number of anilines is 1. The van der Waals surface area contributed by atoms with Crippen molar-refractivity contribution in [3.05, 3.63) is 43.0 Å². The van der Waals surface area contributed by atoms with Crippen LogP contribution in [0.5, 0.6) is 0 Å². The molecule has 0 aromatic carbocycles. The van der Waals surface area contributed by atoms with Crippen molar-refractivity contribution >= 4 is 44.2 Å². The number of nitrogen functional groups attached to an aromatic ring is 1. The first-order chi connectivity index (χ1) is 15.1. The van der Waals surface area contributed by atoms with E-state index in [9.17, 15) is 4.55 Å². The van der Waals surface area contributed by atoms with Crippen LogP contribution in [0.1, 0.15) is 19.3 Å². The highest BCUT2D eigenvalue weighted by Crippen LogP contribution is 2.45. The molecule has 5 heterocycles. The molecule has 1 aliphatic carbocycles. The van der Waals surface area contributed by atoms with Crippen molar-refractivity contribution in [2.24, 2.45) is 7.05 Å². The summed E-state index contributed by atoms with van der Waals surface area (Å²) in [6.45, 7) is 0. The molecule has 1 fully saturated rings. The van der Waals surface area contributed by atoms with E-state index in [4.69, 9.17) is 10.7 Å². The minimum Gasteiger partial charge on any atom is -0.611 e. The summed E-state index contributed by atoms with van der Waals surface area (Å²) >= 11 is 0.324. The molecule has 0 saturated heterocycles. The largest absolute Gasteiger partial charge is 0.611 e. The maximum atomic E-state index is 13.1. The third-order valence-corrected chi connectivity index (χ3v) is 9.15. The van der Waals surface area contributed by atoms with Crippen molar-refractivity contribution in [2.75, 3.05) is 5.73 Å². The van der Waals surface area contributed by atoms with Gasteiger partial charge in [-0.25, -0.2) is 15.0 Å². The Hall–Kier alpha value is -2.95. The molecule has 31 heavy (non-hydrogen) atoms. The normalized spacial score (nSPS) is 15.5. The van der Waals surface area contributed by atoms with Gasteiger partial charge in [0.05, 0.1) is 23.3 Å². The first-order valence-electron chi connectivity index (χ1n) is 10.0. The van der Waals surface area contributed by atoms with Crippen molar-refractivity contribution in [1.29, 1.82) is 0 Å². The van der Waals surface area contributed by atoms with Crippen molar-refractivity contribution in [3.8, 4) is 22.6 Å². The monoisotopic (exact) mass is 449 g/mol. The predicted molar refractivity (Wildman–Crippen MR) is 122 cm³/mol. The van der Waals surface area contributed by atoms with Crippen LogP contribution >= 0.6 is 11.3 Å². The van der Waals surface area contributed by atoms with E-state index in [1.807, 2.05) is 40.5 Å². The van der Waals surface area contributed by atoms with Gasteiger partial charge in [-0.2, -0.15) is 5.10 Å². The highest BCUT2D eigenvalue weighted by molar-refractivity contribution is 7.94. The molecule has 1 atom stereocenters. The number of imidazole rings is 1. The molecule has 5 aromatic heterocycles. The number of hydrogen-bond donors (Lipinski definition) is 1. The van der Waals surface area contributed by atoms with Crippen LogP contribution in [0, 0.1) is 0 Å². The van der Waals surface area contributed by atoms with Gasteiger partial charge in [-0.15, -0.1) is 0 Å². The fourth-order valence-electron chi connectivity index (χ4n) is 3.97. The molecular weight excluding hydrogens is 430 g/mol. The van der Waals surface area contributed by atoms with Crippen LogP contribution in [0.15, 0.2) is 47.2 Å². The van der Waals surface area contributed by atoms with Gasteiger partial charge in [0, 0.05) is 47.8 Å². The number of nitrogens with two attached hydrogens (primary N) is 1. The molecule has 5 aromatic rings. The minimum absolute atomic E-state index is 0.194. The van der Waals surface area contributed by atoms with Gasteiger partial charge in [0.2, 0.25) is 9.99 Å². The fraction of sp³-hybridized carbons (Fsp3) is 0.238. The van der Waals surface area contributed by atoms with Gasteiger partial charge in [-0.3, -0.25) is 9.08 Å². The van der Waals surface area contributed by atoms with E-state index in [2.05, 4.69) is 15.1 Å². The molecule has 1 aliphatic rings. The second-order valence-electron chi connectivity index (χ2n) is 7.66. The average molecular weight is 450 g/mol. The predicted octanol–water partition coefficient (Wildman–Crippen LogP) is 3.65. The lowest BCUT2D eigenvalue weighted by molar-refractivity contribution is 0.478. The van der Waals surface area contributed by atoms with E-state index < -0.39 is 11.2 Å². The van der Waals surface area contributed by atoms with E-state index in [1.165, 1.54) is 11.3 Å². The Morgan fingerprint density at radius 3 is 2.84 bits per heavy atom. The molecular formula is C21H19N7OS2. The van der Waals surface area contributed by atoms with Gasteiger partial charge in [0.15, 0.2) is 0 Å². The molecule has 0 bridgehead atoms. The van der Waals surface area contributed by atoms with Crippen LogP contribution in [0.2, 0.25) is 0 Å². The van der Waals surface area contributed by atoms with E-state index in [0.717, 1.165) is 56.3 Å². The molecule has 0 radical (unpaired) electrons. The summed E-state index contributed by atoms with van der Waals surface area (Å²) in [5.74, 6) is 0.610. The zero-order valence-electron chi connectivity index (χ0n) is 16.7. The number of nitrogens with zero attached hydrogens (tertiary/aromatic N) is 6. The van der Waals surface area contributed by atoms with Crippen LogP contribution in [-0.4, -0.2) is 38.9 Å². The molecule has 156 valence electrons. The molecule has 2 N–H and O–H groups in total. The summed E-state index contributed by atoms with van der Waals surface area (Å²) in [4.78, 5) is 14.4. The second-order valence-corrected chi connectivity index (χ2v) is 10.6. The first-order valence-corrected chi connectivity index (χ1v) is 12.0. The molecule has 0 spiro atoms. The van der Waals surface area contributed by atoms with E-state index >= 15 is 0 Å². The number of fused-ring (bicyclic) bond motifs is 2. The molecule has 10 heteroatoms. The van der Waals surface area contributed by atoms with Crippen LogP contribution in [0.3, 0.4) is 0 Å². The van der Waals surface area contributed by atoms with Crippen LogP contribution in [-0.2, 0) is 18.2 Å². The van der Waals surface area contributed by atoms with Crippen molar-refractivity contribution < 1.29 is 4.55 Å². The van der Waals surface area contributed by atoms with Crippen LogP contribution < -0.4 is 5.73 Å². The summed E-state index contributed by atoms with van der Waals surface area (Å²) in [7, 11) is 1.90. The van der Waals surface area contributed by atoms with E-state index in [-0.39, 0.29) is 5.25 Å². The Bertz CT molecular complexity index is 1430. The zero-order valence-corrected chi connectivity index (χ0v) is 18.4. The zero-order chi connectivity index (χ0) is 21.1. The molecule has 1 saturated carbocycles. The summed E-state index contributed by atoms with van der Waals surface area (Å²) in [6.07, 6.45) is 10.3. The lowest BCUT2D eigenvalue weighted by Gasteiger charge is -2.27.